The maximum atomic E-state index is 12.2. The van der Waals surface area contributed by atoms with Crippen LogP contribution in [0.3, 0.4) is 0 Å². The number of nitrogens with one attached hydrogen (secondary N) is 2. The van der Waals surface area contributed by atoms with Crippen LogP contribution in [0.2, 0.25) is 0 Å². The van der Waals surface area contributed by atoms with Crippen LogP contribution in [0.5, 0.6) is 0 Å². The lowest BCUT2D eigenvalue weighted by Crippen LogP contribution is -2.40. The summed E-state index contributed by atoms with van der Waals surface area (Å²) in [5, 5.41) is 10.1. The minimum atomic E-state index is -0.0999. The molecule has 0 spiro atoms. The molecule has 19 heavy (non-hydrogen) atoms. The number of nitrogens with two attached hydrogens (primary N) is 1. The zero-order chi connectivity index (χ0) is 14.0. The van der Waals surface area contributed by atoms with Crippen molar-refractivity contribution in [2.24, 2.45) is 11.7 Å². The summed E-state index contributed by atoms with van der Waals surface area (Å²) in [5.74, 6) is 0.307. The van der Waals surface area contributed by atoms with Crippen LogP contribution in [0.4, 0.5) is 0 Å². The number of amides is 1. The monoisotopic (exact) mass is 264 g/mol. The summed E-state index contributed by atoms with van der Waals surface area (Å²) in [4.78, 5) is 12.2. The van der Waals surface area contributed by atoms with E-state index >= 15 is 0 Å². The number of H-pyrrole nitrogens is 1. The number of rotatable bonds is 3. The molecule has 5 nitrogen and oxygen atoms in total. The van der Waals surface area contributed by atoms with Gasteiger partial charge in [0.05, 0.1) is 0 Å². The minimum Gasteiger partial charge on any atom is -0.348 e. The van der Waals surface area contributed by atoms with E-state index in [4.69, 9.17) is 5.73 Å². The summed E-state index contributed by atoms with van der Waals surface area (Å²) in [6.07, 6.45) is 3.26. The highest BCUT2D eigenvalue weighted by molar-refractivity contribution is 5.92. The van der Waals surface area contributed by atoms with Crippen LogP contribution in [0, 0.1) is 5.92 Å². The Balaban J connectivity index is 2.02. The molecule has 5 heteroatoms. The number of aromatic nitrogens is 2. The summed E-state index contributed by atoms with van der Waals surface area (Å²) in [7, 11) is 0. The molecule has 0 saturated heterocycles. The van der Waals surface area contributed by atoms with Crippen molar-refractivity contribution in [1.29, 1.82) is 0 Å². The van der Waals surface area contributed by atoms with Crippen molar-refractivity contribution in [3.8, 4) is 0 Å². The summed E-state index contributed by atoms with van der Waals surface area (Å²) in [6, 6.07) is 2.04. The first-order valence-electron chi connectivity index (χ1n) is 6.98. The van der Waals surface area contributed by atoms with Crippen molar-refractivity contribution < 1.29 is 4.79 Å². The quantitative estimate of drug-likeness (QED) is 0.774. The van der Waals surface area contributed by atoms with Gasteiger partial charge in [-0.15, -0.1) is 0 Å². The molecule has 0 radical (unpaired) electrons. The molecule has 106 valence electrons. The lowest BCUT2D eigenvalue weighted by molar-refractivity contribution is 0.0923. The molecule has 0 aromatic carbocycles. The van der Waals surface area contributed by atoms with Gasteiger partial charge in [0.25, 0.3) is 5.91 Å². The molecule has 2 atom stereocenters. The molecule has 2 rings (SSSR count). The molecule has 1 fully saturated rings. The summed E-state index contributed by atoms with van der Waals surface area (Å²) >= 11 is 0. The second-order valence-electron chi connectivity index (χ2n) is 6.42. The first-order chi connectivity index (χ1) is 8.91. The Labute approximate surface area is 114 Å². The number of carbonyl (C=O) groups is 1. The fourth-order valence-corrected chi connectivity index (χ4v) is 2.57. The van der Waals surface area contributed by atoms with Gasteiger partial charge >= 0.3 is 0 Å². The van der Waals surface area contributed by atoms with E-state index in [1.54, 1.807) is 0 Å². The standard InChI is InChI=1S/C14H24N4O/c1-14(2,3)12-7-11(17-18-12)13(19)16-10-6-4-5-9(10)8-15/h7,9-10H,4-6,8,15H2,1-3H3,(H,16,19)(H,17,18). The molecule has 2 unspecified atom stereocenters. The van der Waals surface area contributed by atoms with E-state index in [0.717, 1.165) is 25.0 Å². The third-order valence-corrected chi connectivity index (χ3v) is 3.90. The molecule has 1 saturated carbocycles. The maximum absolute atomic E-state index is 12.2. The average molecular weight is 264 g/mol. The number of aromatic amines is 1. The Hall–Kier alpha value is -1.36. The molecule has 4 N–H and O–H groups in total. The van der Waals surface area contributed by atoms with E-state index in [9.17, 15) is 4.79 Å². The molecule has 1 heterocycles. The summed E-state index contributed by atoms with van der Waals surface area (Å²) in [6.45, 7) is 6.90. The van der Waals surface area contributed by atoms with Crippen molar-refractivity contribution in [3.63, 3.8) is 0 Å². The fraction of sp³-hybridized carbons (Fsp3) is 0.714. The molecular formula is C14H24N4O. The number of hydrogen-bond donors (Lipinski definition) is 3. The van der Waals surface area contributed by atoms with Gasteiger partial charge in [-0.2, -0.15) is 5.10 Å². The van der Waals surface area contributed by atoms with Gasteiger partial charge in [-0.3, -0.25) is 9.89 Å². The molecule has 0 aliphatic heterocycles. The molecule has 0 bridgehead atoms. The largest absolute Gasteiger partial charge is 0.348 e. The normalized spacial score (nSPS) is 23.6. The second-order valence-corrected chi connectivity index (χ2v) is 6.42. The van der Waals surface area contributed by atoms with Gasteiger partial charge in [-0.05, 0) is 31.4 Å². The summed E-state index contributed by atoms with van der Waals surface area (Å²) in [5.41, 5.74) is 7.13. The van der Waals surface area contributed by atoms with Crippen LogP contribution in [0.25, 0.3) is 0 Å². The highest BCUT2D eigenvalue weighted by Crippen LogP contribution is 2.25. The van der Waals surface area contributed by atoms with E-state index in [0.29, 0.717) is 18.2 Å². The van der Waals surface area contributed by atoms with Crippen molar-refractivity contribution in [2.75, 3.05) is 6.54 Å². The van der Waals surface area contributed by atoms with Crippen LogP contribution in [-0.4, -0.2) is 28.7 Å². The zero-order valence-electron chi connectivity index (χ0n) is 12.0. The highest BCUT2D eigenvalue weighted by atomic mass is 16.2. The van der Waals surface area contributed by atoms with E-state index in [1.165, 1.54) is 0 Å². The Morgan fingerprint density at radius 1 is 1.53 bits per heavy atom. The smallest absolute Gasteiger partial charge is 0.272 e. The number of nitrogens with zero attached hydrogens (tertiary/aromatic N) is 1. The SMILES string of the molecule is CC(C)(C)c1cc(C(=O)NC2CCCC2CN)n[nH]1. The van der Waals surface area contributed by atoms with Crippen LogP contribution in [0.15, 0.2) is 6.07 Å². The third-order valence-electron chi connectivity index (χ3n) is 3.90. The zero-order valence-corrected chi connectivity index (χ0v) is 12.0. The lowest BCUT2D eigenvalue weighted by atomic mass is 9.92. The Morgan fingerprint density at radius 3 is 2.84 bits per heavy atom. The predicted molar refractivity (Wildman–Crippen MR) is 74.9 cm³/mol. The minimum absolute atomic E-state index is 0.0291. The molecule has 1 amide bonds. The van der Waals surface area contributed by atoms with E-state index in [-0.39, 0.29) is 17.4 Å². The Bertz CT molecular complexity index is 447. The van der Waals surface area contributed by atoms with Crippen molar-refractivity contribution in [2.45, 2.75) is 51.5 Å². The average Bonchev–Trinajstić information content (AvgIpc) is 2.95. The molecule has 1 aliphatic rings. The lowest BCUT2D eigenvalue weighted by Gasteiger charge is -2.18. The van der Waals surface area contributed by atoms with Crippen LogP contribution in [0.1, 0.15) is 56.2 Å². The predicted octanol–water partition coefficient (Wildman–Crippen LogP) is 1.56. The van der Waals surface area contributed by atoms with Crippen LogP contribution in [-0.2, 0) is 5.41 Å². The maximum Gasteiger partial charge on any atom is 0.272 e. The van der Waals surface area contributed by atoms with Crippen molar-refractivity contribution in [1.82, 2.24) is 15.5 Å². The van der Waals surface area contributed by atoms with E-state index in [1.807, 2.05) is 6.07 Å². The molecule has 1 aromatic heterocycles. The van der Waals surface area contributed by atoms with Crippen molar-refractivity contribution in [3.05, 3.63) is 17.5 Å². The van der Waals surface area contributed by atoms with Gasteiger partial charge < -0.3 is 11.1 Å². The van der Waals surface area contributed by atoms with Gasteiger partial charge in [-0.25, -0.2) is 0 Å². The molecular weight excluding hydrogens is 240 g/mol. The van der Waals surface area contributed by atoms with Gasteiger partial charge in [0, 0.05) is 17.2 Å². The van der Waals surface area contributed by atoms with Crippen LogP contribution >= 0.6 is 0 Å². The number of hydrogen-bond acceptors (Lipinski definition) is 3. The number of carbonyl (C=O) groups excluding carboxylic acids is 1. The first kappa shape index (κ1) is 14.1. The first-order valence-corrected chi connectivity index (χ1v) is 6.98. The molecule has 1 aromatic rings. The van der Waals surface area contributed by atoms with Crippen molar-refractivity contribution >= 4 is 5.91 Å². The van der Waals surface area contributed by atoms with E-state index in [2.05, 4.69) is 36.3 Å². The van der Waals surface area contributed by atoms with Gasteiger partial charge in [0.15, 0.2) is 0 Å². The van der Waals surface area contributed by atoms with Gasteiger partial charge in [-0.1, -0.05) is 27.2 Å². The third kappa shape index (κ3) is 3.15. The topological polar surface area (TPSA) is 83.8 Å². The fourth-order valence-electron chi connectivity index (χ4n) is 2.57. The second kappa shape index (κ2) is 5.33. The Kier molecular flexibility index (Phi) is 3.94. The van der Waals surface area contributed by atoms with Crippen LogP contribution < -0.4 is 11.1 Å². The Morgan fingerprint density at radius 2 is 2.26 bits per heavy atom. The highest BCUT2D eigenvalue weighted by Gasteiger charge is 2.28. The van der Waals surface area contributed by atoms with Gasteiger partial charge in [0.1, 0.15) is 5.69 Å². The molecule has 1 aliphatic carbocycles. The van der Waals surface area contributed by atoms with E-state index < -0.39 is 0 Å². The summed E-state index contributed by atoms with van der Waals surface area (Å²) < 4.78 is 0. The van der Waals surface area contributed by atoms with Gasteiger partial charge in [0.2, 0.25) is 0 Å².